The first-order chi connectivity index (χ1) is 9.02. The van der Waals surface area contributed by atoms with Gasteiger partial charge in [0.2, 0.25) is 0 Å². The molecule has 1 aromatic carbocycles. The summed E-state index contributed by atoms with van der Waals surface area (Å²) >= 11 is 9.20. The van der Waals surface area contributed by atoms with Crippen LogP contribution in [-0.2, 0) is 14.3 Å². The zero-order chi connectivity index (χ0) is 14.3. The second-order valence-electron chi connectivity index (χ2n) is 3.71. The van der Waals surface area contributed by atoms with Crippen LogP contribution in [0.5, 0.6) is 5.75 Å². The third kappa shape index (κ3) is 6.07. The summed E-state index contributed by atoms with van der Waals surface area (Å²) in [7, 11) is 0. The molecule has 1 rings (SSSR count). The SMILES string of the molecule is CCOC(=O)CCC(=O)COc1cc(Br)ccc1Cl. The van der Waals surface area contributed by atoms with E-state index in [-0.39, 0.29) is 31.2 Å². The van der Waals surface area contributed by atoms with E-state index in [1.54, 1.807) is 25.1 Å². The molecule has 0 aliphatic rings. The van der Waals surface area contributed by atoms with E-state index < -0.39 is 0 Å². The number of hydrogen-bond donors (Lipinski definition) is 0. The van der Waals surface area contributed by atoms with Gasteiger partial charge in [0.1, 0.15) is 12.4 Å². The molecule has 0 atom stereocenters. The van der Waals surface area contributed by atoms with Gasteiger partial charge in [0.05, 0.1) is 18.1 Å². The normalized spacial score (nSPS) is 10.1. The molecule has 0 fully saturated rings. The van der Waals surface area contributed by atoms with E-state index in [9.17, 15) is 9.59 Å². The summed E-state index contributed by atoms with van der Waals surface area (Å²) in [5.41, 5.74) is 0. The molecule has 0 radical (unpaired) electrons. The molecule has 0 N–H and O–H groups in total. The number of carbonyl (C=O) groups is 2. The Labute approximate surface area is 125 Å². The molecule has 0 aliphatic carbocycles. The van der Waals surface area contributed by atoms with Crippen molar-refractivity contribution in [2.24, 2.45) is 0 Å². The number of benzene rings is 1. The molecule has 0 spiro atoms. The first-order valence-electron chi connectivity index (χ1n) is 5.78. The van der Waals surface area contributed by atoms with Crippen LogP contribution in [0.25, 0.3) is 0 Å². The third-order valence-electron chi connectivity index (χ3n) is 2.20. The summed E-state index contributed by atoms with van der Waals surface area (Å²) in [4.78, 5) is 22.6. The van der Waals surface area contributed by atoms with Crippen LogP contribution in [0, 0.1) is 0 Å². The maximum Gasteiger partial charge on any atom is 0.306 e. The lowest BCUT2D eigenvalue weighted by atomic mass is 10.2. The zero-order valence-corrected chi connectivity index (χ0v) is 12.8. The second-order valence-corrected chi connectivity index (χ2v) is 5.03. The predicted molar refractivity (Wildman–Crippen MR) is 75.5 cm³/mol. The third-order valence-corrected chi connectivity index (χ3v) is 3.00. The van der Waals surface area contributed by atoms with Crippen molar-refractivity contribution in [3.8, 4) is 5.75 Å². The van der Waals surface area contributed by atoms with Crippen molar-refractivity contribution in [3.05, 3.63) is 27.7 Å². The number of esters is 1. The summed E-state index contributed by atoms with van der Waals surface area (Å²) in [5.74, 6) is -0.124. The van der Waals surface area contributed by atoms with E-state index in [2.05, 4.69) is 15.9 Å². The Balaban J connectivity index is 2.38. The highest BCUT2D eigenvalue weighted by atomic mass is 79.9. The van der Waals surface area contributed by atoms with Crippen molar-refractivity contribution in [2.75, 3.05) is 13.2 Å². The number of rotatable bonds is 7. The van der Waals surface area contributed by atoms with Gasteiger partial charge in [-0.05, 0) is 25.1 Å². The smallest absolute Gasteiger partial charge is 0.306 e. The first-order valence-corrected chi connectivity index (χ1v) is 6.95. The molecule has 0 aromatic heterocycles. The lowest BCUT2D eigenvalue weighted by molar-refractivity contribution is -0.144. The van der Waals surface area contributed by atoms with Crippen molar-refractivity contribution in [1.82, 2.24) is 0 Å². The van der Waals surface area contributed by atoms with Gasteiger partial charge >= 0.3 is 5.97 Å². The highest BCUT2D eigenvalue weighted by Crippen LogP contribution is 2.27. The van der Waals surface area contributed by atoms with Crippen LogP contribution in [0.2, 0.25) is 5.02 Å². The summed E-state index contributed by atoms with van der Waals surface area (Å²) in [5, 5.41) is 0.432. The molecular weight excluding hydrogens is 335 g/mol. The highest BCUT2D eigenvalue weighted by molar-refractivity contribution is 9.10. The minimum absolute atomic E-state index is 0.0717. The van der Waals surface area contributed by atoms with Gasteiger partial charge in [0, 0.05) is 10.9 Å². The Morgan fingerprint density at radius 1 is 1.32 bits per heavy atom. The first kappa shape index (κ1) is 16.0. The molecule has 6 heteroatoms. The number of carbonyl (C=O) groups excluding carboxylic acids is 2. The fourth-order valence-corrected chi connectivity index (χ4v) is 1.81. The van der Waals surface area contributed by atoms with Gasteiger partial charge < -0.3 is 9.47 Å². The Hall–Kier alpha value is -1.07. The molecule has 0 amide bonds. The average molecular weight is 350 g/mol. The van der Waals surface area contributed by atoms with Crippen LogP contribution >= 0.6 is 27.5 Å². The summed E-state index contributed by atoms with van der Waals surface area (Å²) in [6.45, 7) is 1.92. The Morgan fingerprint density at radius 3 is 2.74 bits per heavy atom. The van der Waals surface area contributed by atoms with Crippen LogP contribution in [-0.4, -0.2) is 25.0 Å². The molecule has 0 aliphatic heterocycles. The zero-order valence-electron chi connectivity index (χ0n) is 10.4. The van der Waals surface area contributed by atoms with E-state index in [1.807, 2.05) is 0 Å². The number of ketones is 1. The van der Waals surface area contributed by atoms with E-state index in [0.717, 1.165) is 4.47 Å². The molecule has 0 bridgehead atoms. The maximum absolute atomic E-state index is 11.5. The summed E-state index contributed by atoms with van der Waals surface area (Å²) < 4.78 is 10.8. The van der Waals surface area contributed by atoms with Crippen LogP contribution < -0.4 is 4.74 Å². The van der Waals surface area contributed by atoms with Crippen LogP contribution in [0.15, 0.2) is 22.7 Å². The van der Waals surface area contributed by atoms with Crippen molar-refractivity contribution < 1.29 is 19.1 Å². The van der Waals surface area contributed by atoms with Gasteiger partial charge in [-0.2, -0.15) is 0 Å². The van der Waals surface area contributed by atoms with Crippen molar-refractivity contribution in [1.29, 1.82) is 0 Å². The number of hydrogen-bond acceptors (Lipinski definition) is 4. The lowest BCUT2D eigenvalue weighted by Gasteiger charge is -2.07. The molecule has 19 heavy (non-hydrogen) atoms. The van der Waals surface area contributed by atoms with Crippen LogP contribution in [0.1, 0.15) is 19.8 Å². The van der Waals surface area contributed by atoms with Gasteiger partial charge in [0.15, 0.2) is 5.78 Å². The van der Waals surface area contributed by atoms with Crippen molar-refractivity contribution in [3.63, 3.8) is 0 Å². The summed E-state index contributed by atoms with van der Waals surface area (Å²) in [6, 6.07) is 5.13. The van der Waals surface area contributed by atoms with E-state index >= 15 is 0 Å². The lowest BCUT2D eigenvalue weighted by Crippen LogP contribution is -2.14. The number of halogens is 2. The second kappa shape index (κ2) is 8.17. The monoisotopic (exact) mass is 348 g/mol. The minimum Gasteiger partial charge on any atom is -0.484 e. The van der Waals surface area contributed by atoms with Crippen molar-refractivity contribution >= 4 is 39.3 Å². The summed E-state index contributed by atoms with van der Waals surface area (Å²) in [6.07, 6.45) is 0.173. The van der Waals surface area contributed by atoms with Gasteiger partial charge in [0.25, 0.3) is 0 Å². The topological polar surface area (TPSA) is 52.6 Å². The Morgan fingerprint density at radius 2 is 2.05 bits per heavy atom. The minimum atomic E-state index is -0.378. The van der Waals surface area contributed by atoms with Gasteiger partial charge in [-0.1, -0.05) is 27.5 Å². The molecule has 0 saturated heterocycles. The standard InChI is InChI=1S/C13H14BrClO4/c1-2-18-13(17)6-4-10(16)8-19-12-7-9(14)3-5-11(12)15/h3,5,7H,2,4,6,8H2,1H3. The van der Waals surface area contributed by atoms with E-state index in [1.165, 1.54) is 0 Å². The molecule has 104 valence electrons. The highest BCUT2D eigenvalue weighted by Gasteiger charge is 2.10. The van der Waals surface area contributed by atoms with E-state index in [0.29, 0.717) is 17.4 Å². The van der Waals surface area contributed by atoms with Gasteiger partial charge in [-0.15, -0.1) is 0 Å². The van der Waals surface area contributed by atoms with E-state index in [4.69, 9.17) is 21.1 Å². The quantitative estimate of drug-likeness (QED) is 0.708. The molecule has 0 heterocycles. The van der Waals surface area contributed by atoms with Gasteiger partial charge in [-0.25, -0.2) is 0 Å². The van der Waals surface area contributed by atoms with Crippen LogP contribution in [0.3, 0.4) is 0 Å². The maximum atomic E-state index is 11.5. The molecular formula is C13H14BrClO4. The van der Waals surface area contributed by atoms with Crippen molar-refractivity contribution in [2.45, 2.75) is 19.8 Å². The largest absolute Gasteiger partial charge is 0.484 e. The molecule has 0 saturated carbocycles. The molecule has 4 nitrogen and oxygen atoms in total. The molecule has 0 unspecified atom stereocenters. The number of Topliss-reactive ketones (excluding diaryl/α,β-unsaturated/α-hetero) is 1. The predicted octanol–water partition coefficient (Wildman–Crippen LogP) is 3.39. The fraction of sp³-hybridized carbons (Fsp3) is 0.385. The fourth-order valence-electron chi connectivity index (χ4n) is 1.29. The number of ether oxygens (including phenoxy) is 2. The van der Waals surface area contributed by atoms with Crippen LogP contribution in [0.4, 0.5) is 0 Å². The Bertz CT molecular complexity index is 462. The van der Waals surface area contributed by atoms with Gasteiger partial charge in [-0.3, -0.25) is 9.59 Å². The Kier molecular flexibility index (Phi) is 6.87. The average Bonchev–Trinajstić information content (AvgIpc) is 2.38. The molecule has 1 aromatic rings.